The van der Waals surface area contributed by atoms with Crippen molar-refractivity contribution in [1.82, 2.24) is 4.98 Å². The van der Waals surface area contributed by atoms with E-state index in [1.807, 2.05) is 48.5 Å². The molecule has 2 heterocycles. The second kappa shape index (κ2) is 5.71. The van der Waals surface area contributed by atoms with Gasteiger partial charge in [0, 0.05) is 16.6 Å². The van der Waals surface area contributed by atoms with Crippen molar-refractivity contribution in [2.24, 2.45) is 5.92 Å². The molecule has 0 bridgehead atoms. The highest BCUT2D eigenvalue weighted by Gasteiger charge is 2.53. The van der Waals surface area contributed by atoms with E-state index in [-0.39, 0.29) is 23.7 Å². The van der Waals surface area contributed by atoms with Crippen LogP contribution >= 0.6 is 0 Å². The molecule has 3 atom stereocenters. The standard InChI is InChI=1S/C22H20N2O3/c1-12-10-16-19(22(26)24(21(16)25)13-6-4-3-5-7-13)20-18(12)15-11-14(27-2)8-9-17(15)23-20/h3-9,11-12,16,19,23H,10H2,1-2H3/t12-,16+,19+/m0/s1. The van der Waals surface area contributed by atoms with Gasteiger partial charge in [-0.1, -0.05) is 25.1 Å². The predicted molar refractivity (Wildman–Crippen MR) is 103 cm³/mol. The molecule has 0 radical (unpaired) electrons. The first kappa shape index (κ1) is 16.1. The molecule has 0 saturated carbocycles. The van der Waals surface area contributed by atoms with Gasteiger partial charge < -0.3 is 9.72 Å². The number of nitrogens with zero attached hydrogens (tertiary/aromatic N) is 1. The van der Waals surface area contributed by atoms with E-state index in [4.69, 9.17) is 4.74 Å². The Morgan fingerprint density at radius 3 is 2.59 bits per heavy atom. The molecular weight excluding hydrogens is 340 g/mol. The summed E-state index contributed by atoms with van der Waals surface area (Å²) in [6, 6.07) is 15.1. The number of carbonyl (C=O) groups excluding carboxylic acids is 2. The molecule has 0 unspecified atom stereocenters. The molecule has 136 valence electrons. The normalized spacial score (nSPS) is 24.2. The van der Waals surface area contributed by atoms with E-state index in [1.165, 1.54) is 4.90 Å². The first-order chi connectivity index (χ1) is 13.1. The first-order valence-electron chi connectivity index (χ1n) is 9.22. The number of rotatable bonds is 2. The maximum Gasteiger partial charge on any atom is 0.243 e. The van der Waals surface area contributed by atoms with Crippen LogP contribution in [0.1, 0.15) is 36.4 Å². The van der Waals surface area contributed by atoms with Crippen LogP contribution in [-0.2, 0) is 9.59 Å². The second-order valence-corrected chi connectivity index (χ2v) is 7.43. The van der Waals surface area contributed by atoms with Crippen molar-refractivity contribution in [3.05, 3.63) is 59.8 Å². The van der Waals surface area contributed by atoms with Crippen LogP contribution in [0.4, 0.5) is 5.69 Å². The van der Waals surface area contributed by atoms with Gasteiger partial charge >= 0.3 is 0 Å². The van der Waals surface area contributed by atoms with Crippen LogP contribution in [0, 0.1) is 5.92 Å². The molecule has 5 nitrogen and oxygen atoms in total. The Morgan fingerprint density at radius 1 is 1.07 bits per heavy atom. The summed E-state index contributed by atoms with van der Waals surface area (Å²) >= 11 is 0. The predicted octanol–water partition coefficient (Wildman–Crippen LogP) is 3.96. The molecule has 1 N–H and O–H groups in total. The number of aromatic nitrogens is 1. The van der Waals surface area contributed by atoms with Gasteiger partial charge in [0.1, 0.15) is 5.75 Å². The summed E-state index contributed by atoms with van der Waals surface area (Å²) in [6.45, 7) is 2.13. The Bertz CT molecular complexity index is 1070. The van der Waals surface area contributed by atoms with Gasteiger partial charge in [-0.2, -0.15) is 0 Å². The van der Waals surface area contributed by atoms with E-state index >= 15 is 0 Å². The molecule has 2 aromatic carbocycles. The highest BCUT2D eigenvalue weighted by atomic mass is 16.5. The number of nitrogens with one attached hydrogen (secondary N) is 1. The van der Waals surface area contributed by atoms with E-state index in [9.17, 15) is 9.59 Å². The molecule has 2 aliphatic rings. The molecule has 5 rings (SSSR count). The van der Waals surface area contributed by atoms with E-state index in [1.54, 1.807) is 7.11 Å². The molecule has 5 heteroatoms. The summed E-state index contributed by atoms with van der Waals surface area (Å²) < 4.78 is 5.37. The lowest BCUT2D eigenvalue weighted by Gasteiger charge is -2.27. The molecule has 1 aromatic heterocycles. The van der Waals surface area contributed by atoms with Crippen LogP contribution < -0.4 is 9.64 Å². The Labute approximate surface area is 156 Å². The summed E-state index contributed by atoms with van der Waals surface area (Å²) in [5.74, 6) is -0.00165. The van der Waals surface area contributed by atoms with Crippen molar-refractivity contribution >= 4 is 28.4 Å². The minimum atomic E-state index is -0.442. The van der Waals surface area contributed by atoms with Crippen molar-refractivity contribution in [1.29, 1.82) is 0 Å². The zero-order chi connectivity index (χ0) is 18.7. The second-order valence-electron chi connectivity index (χ2n) is 7.43. The van der Waals surface area contributed by atoms with Crippen LogP contribution in [0.2, 0.25) is 0 Å². The summed E-state index contributed by atoms with van der Waals surface area (Å²) in [5, 5.41) is 1.08. The number of benzene rings is 2. The number of ether oxygens (including phenoxy) is 1. The van der Waals surface area contributed by atoms with Crippen LogP contribution in [0.25, 0.3) is 10.9 Å². The van der Waals surface area contributed by atoms with E-state index in [2.05, 4.69) is 11.9 Å². The summed E-state index contributed by atoms with van der Waals surface area (Å²) in [6.07, 6.45) is 0.676. The van der Waals surface area contributed by atoms with Gasteiger partial charge in [-0.3, -0.25) is 9.59 Å². The fraction of sp³-hybridized carbons (Fsp3) is 0.273. The van der Waals surface area contributed by atoms with E-state index in [0.717, 1.165) is 27.9 Å². The number of amides is 2. The lowest BCUT2D eigenvalue weighted by atomic mass is 9.74. The minimum absolute atomic E-state index is 0.0927. The van der Waals surface area contributed by atoms with Gasteiger partial charge in [0.05, 0.1) is 24.6 Å². The summed E-state index contributed by atoms with van der Waals surface area (Å²) in [4.78, 5) is 31.2. The average molecular weight is 360 g/mol. The number of hydrogen-bond acceptors (Lipinski definition) is 3. The van der Waals surface area contributed by atoms with Crippen molar-refractivity contribution in [2.45, 2.75) is 25.2 Å². The van der Waals surface area contributed by atoms with Crippen molar-refractivity contribution in [3.63, 3.8) is 0 Å². The average Bonchev–Trinajstić information content (AvgIpc) is 3.18. The van der Waals surface area contributed by atoms with Gasteiger partial charge in [0.2, 0.25) is 11.8 Å². The Kier molecular flexibility index (Phi) is 3.41. The topological polar surface area (TPSA) is 62.4 Å². The number of anilines is 1. The zero-order valence-corrected chi connectivity index (χ0v) is 15.2. The van der Waals surface area contributed by atoms with Crippen molar-refractivity contribution in [3.8, 4) is 5.75 Å². The summed E-state index contributed by atoms with van der Waals surface area (Å²) in [7, 11) is 1.65. The first-order valence-corrected chi connectivity index (χ1v) is 9.22. The SMILES string of the molecule is COc1ccc2[nH]c3c(c2c1)[C@@H](C)C[C@H]1C(=O)N(c2ccccc2)C(=O)[C@@H]31. The monoisotopic (exact) mass is 360 g/mol. The fourth-order valence-corrected chi connectivity index (χ4v) is 4.74. The van der Waals surface area contributed by atoms with Crippen LogP contribution in [0.5, 0.6) is 5.75 Å². The molecule has 1 aliphatic heterocycles. The van der Waals surface area contributed by atoms with Gasteiger partial charge in [-0.25, -0.2) is 4.90 Å². The van der Waals surface area contributed by atoms with Crippen LogP contribution in [0.15, 0.2) is 48.5 Å². The molecule has 1 aliphatic carbocycles. The molecule has 27 heavy (non-hydrogen) atoms. The zero-order valence-electron chi connectivity index (χ0n) is 15.2. The smallest absolute Gasteiger partial charge is 0.243 e. The maximum absolute atomic E-state index is 13.3. The van der Waals surface area contributed by atoms with Gasteiger partial charge in [-0.05, 0) is 48.2 Å². The lowest BCUT2D eigenvalue weighted by Crippen LogP contribution is -2.30. The largest absolute Gasteiger partial charge is 0.497 e. The Balaban J connectivity index is 1.67. The van der Waals surface area contributed by atoms with Crippen LogP contribution in [0.3, 0.4) is 0 Å². The third-order valence-corrected chi connectivity index (χ3v) is 5.93. The van der Waals surface area contributed by atoms with Crippen molar-refractivity contribution < 1.29 is 14.3 Å². The molecule has 0 spiro atoms. The van der Waals surface area contributed by atoms with Gasteiger partial charge in [0.25, 0.3) is 0 Å². The number of methoxy groups -OCH3 is 1. The maximum atomic E-state index is 13.3. The number of hydrogen-bond donors (Lipinski definition) is 1. The van der Waals surface area contributed by atoms with Crippen LogP contribution in [-0.4, -0.2) is 23.9 Å². The van der Waals surface area contributed by atoms with Crippen molar-refractivity contribution in [2.75, 3.05) is 12.0 Å². The number of carbonyl (C=O) groups is 2. The summed E-state index contributed by atoms with van der Waals surface area (Å²) in [5.41, 5.74) is 3.65. The molecule has 3 aromatic rings. The van der Waals surface area contributed by atoms with E-state index in [0.29, 0.717) is 12.1 Å². The lowest BCUT2D eigenvalue weighted by molar-refractivity contribution is -0.122. The highest BCUT2D eigenvalue weighted by Crippen LogP contribution is 2.50. The number of para-hydroxylation sites is 1. The Morgan fingerprint density at radius 2 is 1.85 bits per heavy atom. The molecular formula is C22H20N2O3. The van der Waals surface area contributed by atoms with Gasteiger partial charge in [-0.15, -0.1) is 0 Å². The highest BCUT2D eigenvalue weighted by molar-refractivity contribution is 6.24. The quantitative estimate of drug-likeness (QED) is 0.704. The number of H-pyrrole nitrogens is 1. The Hall–Kier alpha value is -3.08. The molecule has 1 saturated heterocycles. The molecule has 2 amide bonds. The number of imide groups is 1. The third-order valence-electron chi connectivity index (χ3n) is 5.93. The minimum Gasteiger partial charge on any atom is -0.497 e. The number of fused-ring (bicyclic) bond motifs is 5. The third kappa shape index (κ3) is 2.17. The molecule has 1 fully saturated rings. The van der Waals surface area contributed by atoms with Gasteiger partial charge in [0.15, 0.2) is 0 Å². The fourth-order valence-electron chi connectivity index (χ4n) is 4.74. The number of aromatic amines is 1. The van der Waals surface area contributed by atoms with E-state index < -0.39 is 5.92 Å².